The van der Waals surface area contributed by atoms with Crippen LogP contribution in [-0.4, -0.2) is 21.9 Å². The number of hydrogen-bond donors (Lipinski definition) is 1. The Morgan fingerprint density at radius 1 is 1.04 bits per heavy atom. The lowest BCUT2D eigenvalue weighted by atomic mass is 10.0. The molecule has 3 aromatic rings. The van der Waals surface area contributed by atoms with Crippen molar-refractivity contribution in [3.63, 3.8) is 0 Å². The number of hydrogen-bond acceptors (Lipinski definition) is 4. The molecule has 0 atom stereocenters. The van der Waals surface area contributed by atoms with Gasteiger partial charge in [0.15, 0.2) is 0 Å². The van der Waals surface area contributed by atoms with E-state index in [-0.39, 0.29) is 17.5 Å². The summed E-state index contributed by atoms with van der Waals surface area (Å²) in [5.74, 6) is -0.312. The third kappa shape index (κ3) is 4.67. The van der Waals surface area contributed by atoms with Crippen LogP contribution in [0.5, 0.6) is 0 Å². The van der Waals surface area contributed by atoms with Gasteiger partial charge in [-0.05, 0) is 61.9 Å². The number of thioether (sulfide) groups is 1. The van der Waals surface area contributed by atoms with Crippen molar-refractivity contribution in [2.24, 2.45) is 0 Å². The van der Waals surface area contributed by atoms with Crippen molar-refractivity contribution in [1.82, 2.24) is 10.2 Å². The fourth-order valence-electron chi connectivity index (χ4n) is 2.42. The van der Waals surface area contributed by atoms with E-state index in [1.807, 2.05) is 26.0 Å². The molecule has 0 aliphatic heterocycles. The lowest BCUT2D eigenvalue weighted by molar-refractivity contribution is -0.113. The minimum Gasteiger partial charge on any atom is -0.325 e. The first kappa shape index (κ1) is 18.1. The molecule has 0 spiro atoms. The SMILES string of the molecule is Cc1ccc(C)c(-c2ccc(SCC(=O)Nc3ccc(F)cc3)nn2)c1. The quantitative estimate of drug-likeness (QED) is 0.668. The van der Waals surface area contributed by atoms with Crippen LogP contribution in [0.25, 0.3) is 11.3 Å². The Labute approximate surface area is 155 Å². The van der Waals surface area contributed by atoms with Crippen LogP contribution >= 0.6 is 11.8 Å². The summed E-state index contributed by atoms with van der Waals surface area (Å²) in [6.45, 7) is 4.08. The molecule has 2 aromatic carbocycles. The molecular formula is C20H18FN3OS. The van der Waals surface area contributed by atoms with E-state index in [0.717, 1.165) is 16.8 Å². The lowest BCUT2D eigenvalue weighted by Gasteiger charge is -2.07. The third-order valence-electron chi connectivity index (χ3n) is 3.79. The smallest absolute Gasteiger partial charge is 0.234 e. The van der Waals surface area contributed by atoms with Crippen LogP contribution in [0.2, 0.25) is 0 Å². The van der Waals surface area contributed by atoms with E-state index in [1.54, 1.807) is 0 Å². The maximum atomic E-state index is 12.9. The van der Waals surface area contributed by atoms with E-state index in [2.05, 4.69) is 33.7 Å². The van der Waals surface area contributed by atoms with Crippen LogP contribution in [0.1, 0.15) is 11.1 Å². The van der Waals surface area contributed by atoms with Gasteiger partial charge in [-0.2, -0.15) is 0 Å². The van der Waals surface area contributed by atoms with Crippen molar-refractivity contribution in [3.05, 3.63) is 71.5 Å². The maximum Gasteiger partial charge on any atom is 0.234 e. The minimum absolute atomic E-state index is 0.179. The Balaban J connectivity index is 1.60. The second-order valence-corrected chi connectivity index (χ2v) is 6.91. The van der Waals surface area contributed by atoms with Crippen LogP contribution in [0.4, 0.5) is 10.1 Å². The molecule has 6 heteroatoms. The zero-order valence-corrected chi connectivity index (χ0v) is 15.3. The van der Waals surface area contributed by atoms with Crippen molar-refractivity contribution in [1.29, 1.82) is 0 Å². The van der Waals surface area contributed by atoms with E-state index in [4.69, 9.17) is 0 Å². The van der Waals surface area contributed by atoms with Crippen molar-refractivity contribution in [2.45, 2.75) is 18.9 Å². The summed E-state index contributed by atoms with van der Waals surface area (Å²) in [5.41, 5.74) is 4.75. The molecule has 1 amide bonds. The average molecular weight is 367 g/mol. The monoisotopic (exact) mass is 367 g/mol. The summed E-state index contributed by atoms with van der Waals surface area (Å²) in [4.78, 5) is 12.0. The topological polar surface area (TPSA) is 54.9 Å². The van der Waals surface area contributed by atoms with E-state index >= 15 is 0 Å². The maximum absolute atomic E-state index is 12.9. The Bertz CT molecular complexity index is 911. The summed E-state index contributed by atoms with van der Waals surface area (Å²) < 4.78 is 12.9. The molecular weight excluding hydrogens is 349 g/mol. The first-order chi connectivity index (χ1) is 12.5. The van der Waals surface area contributed by atoms with Gasteiger partial charge in [-0.25, -0.2) is 4.39 Å². The van der Waals surface area contributed by atoms with E-state index in [0.29, 0.717) is 10.7 Å². The van der Waals surface area contributed by atoms with Gasteiger partial charge in [0, 0.05) is 11.3 Å². The molecule has 3 rings (SSSR count). The molecule has 0 saturated heterocycles. The van der Waals surface area contributed by atoms with Gasteiger partial charge in [0.1, 0.15) is 10.8 Å². The van der Waals surface area contributed by atoms with Gasteiger partial charge >= 0.3 is 0 Å². The largest absolute Gasteiger partial charge is 0.325 e. The van der Waals surface area contributed by atoms with Gasteiger partial charge in [-0.3, -0.25) is 4.79 Å². The standard InChI is InChI=1S/C20H18FN3OS/c1-13-3-4-14(2)17(11-13)18-9-10-20(24-23-18)26-12-19(25)22-16-7-5-15(21)6-8-16/h3-11H,12H2,1-2H3,(H,22,25). The van der Waals surface area contributed by atoms with Crippen LogP contribution < -0.4 is 5.32 Å². The fraction of sp³-hybridized carbons (Fsp3) is 0.150. The third-order valence-corrected chi connectivity index (χ3v) is 4.71. The molecule has 0 fully saturated rings. The Hall–Kier alpha value is -2.73. The summed E-state index contributed by atoms with van der Waals surface area (Å²) >= 11 is 1.30. The first-order valence-electron chi connectivity index (χ1n) is 8.11. The number of carbonyl (C=O) groups is 1. The van der Waals surface area contributed by atoms with Crippen LogP contribution in [0.3, 0.4) is 0 Å². The molecule has 0 unspecified atom stereocenters. The van der Waals surface area contributed by atoms with E-state index in [1.165, 1.54) is 41.6 Å². The number of anilines is 1. The molecule has 0 radical (unpaired) electrons. The average Bonchev–Trinajstić information content (AvgIpc) is 2.64. The number of rotatable bonds is 5. The highest BCUT2D eigenvalue weighted by molar-refractivity contribution is 7.99. The van der Waals surface area contributed by atoms with Crippen molar-refractivity contribution in [2.75, 3.05) is 11.1 Å². The number of nitrogens with zero attached hydrogens (tertiary/aromatic N) is 2. The van der Waals surface area contributed by atoms with Gasteiger partial charge in [0.2, 0.25) is 5.91 Å². The molecule has 0 aliphatic rings. The van der Waals surface area contributed by atoms with Gasteiger partial charge in [-0.1, -0.05) is 29.5 Å². The highest BCUT2D eigenvalue weighted by Gasteiger charge is 2.08. The summed E-state index contributed by atoms with van der Waals surface area (Å²) in [5, 5.41) is 11.9. The fourth-order valence-corrected chi connectivity index (χ4v) is 3.04. The number of aromatic nitrogens is 2. The highest BCUT2D eigenvalue weighted by Crippen LogP contribution is 2.24. The van der Waals surface area contributed by atoms with Crippen molar-refractivity contribution >= 4 is 23.4 Å². The predicted molar refractivity (Wildman–Crippen MR) is 103 cm³/mol. The Kier molecular flexibility index (Phi) is 5.63. The van der Waals surface area contributed by atoms with Crippen LogP contribution in [-0.2, 0) is 4.79 Å². The van der Waals surface area contributed by atoms with Gasteiger partial charge < -0.3 is 5.32 Å². The molecule has 1 aromatic heterocycles. The van der Waals surface area contributed by atoms with Crippen LogP contribution in [0, 0.1) is 19.7 Å². The second-order valence-electron chi connectivity index (χ2n) is 5.92. The Morgan fingerprint density at radius 3 is 2.50 bits per heavy atom. The normalized spacial score (nSPS) is 10.6. The highest BCUT2D eigenvalue weighted by atomic mass is 32.2. The lowest BCUT2D eigenvalue weighted by Crippen LogP contribution is -2.14. The zero-order chi connectivity index (χ0) is 18.5. The number of carbonyl (C=O) groups excluding carboxylic acids is 1. The molecule has 1 heterocycles. The van der Waals surface area contributed by atoms with Crippen molar-refractivity contribution < 1.29 is 9.18 Å². The summed E-state index contributed by atoms with van der Waals surface area (Å²) in [7, 11) is 0. The van der Waals surface area contributed by atoms with Crippen LogP contribution in [0.15, 0.2) is 59.6 Å². The number of halogens is 1. The molecule has 0 saturated carbocycles. The predicted octanol–water partition coefficient (Wildman–Crippen LogP) is 4.63. The molecule has 4 nitrogen and oxygen atoms in total. The van der Waals surface area contributed by atoms with Gasteiger partial charge in [0.05, 0.1) is 11.4 Å². The first-order valence-corrected chi connectivity index (χ1v) is 9.09. The molecule has 0 aliphatic carbocycles. The minimum atomic E-state index is -0.336. The number of aryl methyl sites for hydroxylation is 2. The summed E-state index contributed by atoms with van der Waals surface area (Å²) in [6, 6.07) is 15.6. The molecule has 26 heavy (non-hydrogen) atoms. The number of amides is 1. The molecule has 0 bridgehead atoms. The number of nitrogens with one attached hydrogen (secondary N) is 1. The number of benzene rings is 2. The Morgan fingerprint density at radius 2 is 1.81 bits per heavy atom. The second kappa shape index (κ2) is 8.10. The van der Waals surface area contributed by atoms with E-state index < -0.39 is 0 Å². The van der Waals surface area contributed by atoms with Gasteiger partial charge in [-0.15, -0.1) is 10.2 Å². The molecule has 1 N–H and O–H groups in total. The molecule has 132 valence electrons. The van der Waals surface area contributed by atoms with Crippen molar-refractivity contribution in [3.8, 4) is 11.3 Å². The van der Waals surface area contributed by atoms with Gasteiger partial charge in [0.25, 0.3) is 0 Å². The zero-order valence-electron chi connectivity index (χ0n) is 14.5. The summed E-state index contributed by atoms with van der Waals surface area (Å²) in [6.07, 6.45) is 0. The van der Waals surface area contributed by atoms with E-state index in [9.17, 15) is 9.18 Å².